The van der Waals surface area contributed by atoms with Crippen LogP contribution in [0.1, 0.15) is 41.6 Å². The maximum Gasteiger partial charge on any atom is 0.316 e. The molecule has 1 aromatic heterocycles. The van der Waals surface area contributed by atoms with Crippen LogP contribution in [0.3, 0.4) is 0 Å². The van der Waals surface area contributed by atoms with Gasteiger partial charge in [-0.3, -0.25) is 14.3 Å². The van der Waals surface area contributed by atoms with Crippen LogP contribution in [0.4, 0.5) is 0 Å². The molecule has 0 bridgehead atoms. The van der Waals surface area contributed by atoms with Crippen LogP contribution in [0, 0.1) is 25.2 Å². The van der Waals surface area contributed by atoms with Gasteiger partial charge >= 0.3 is 5.97 Å². The molecule has 2 fully saturated rings. The molecule has 3 rings (SSSR count). The van der Waals surface area contributed by atoms with Crippen molar-refractivity contribution >= 4 is 24.3 Å². The van der Waals surface area contributed by atoms with Crippen LogP contribution in [0.15, 0.2) is 0 Å². The molecule has 0 radical (unpaired) electrons. The Morgan fingerprint density at radius 3 is 2.60 bits per heavy atom. The first-order valence-corrected chi connectivity index (χ1v) is 8.33. The maximum absolute atomic E-state index is 13.1. The summed E-state index contributed by atoms with van der Waals surface area (Å²) in [5.74, 6) is -0.351. The number of carbonyl (C=O) groups excluding carboxylic acids is 2. The van der Waals surface area contributed by atoms with Crippen LogP contribution in [0.2, 0.25) is 0 Å². The number of hydrogen-bond acceptors (Lipinski definition) is 5. The SMILES string of the molecule is COC(=O)[C@@]12COC[C@@H]1CN(C(=O)c1c(C)nn(C(C)C)c1C)C2.Cl. The third-order valence-electron chi connectivity index (χ3n) is 5.28. The van der Waals surface area contributed by atoms with Gasteiger partial charge in [-0.2, -0.15) is 5.10 Å². The first kappa shape index (κ1) is 19.7. The number of halogens is 1. The number of likely N-dealkylation sites (tertiary alicyclic amines) is 1. The molecule has 0 spiro atoms. The van der Waals surface area contributed by atoms with E-state index >= 15 is 0 Å². The van der Waals surface area contributed by atoms with Gasteiger partial charge < -0.3 is 14.4 Å². The number of esters is 1. The fourth-order valence-corrected chi connectivity index (χ4v) is 4.02. The Balaban J connectivity index is 0.00000225. The number of amides is 1. The second-order valence-electron chi connectivity index (χ2n) is 7.13. The molecule has 8 heteroatoms. The molecule has 1 aromatic rings. The molecule has 2 aliphatic heterocycles. The van der Waals surface area contributed by atoms with E-state index in [2.05, 4.69) is 5.10 Å². The molecule has 140 valence electrons. The van der Waals surface area contributed by atoms with Gasteiger partial charge in [0.1, 0.15) is 5.41 Å². The molecular formula is C17H26ClN3O4. The molecule has 0 N–H and O–H groups in total. The molecule has 0 aromatic carbocycles. The molecule has 0 saturated carbocycles. The number of methoxy groups -OCH3 is 1. The lowest BCUT2D eigenvalue weighted by Gasteiger charge is -2.24. The van der Waals surface area contributed by atoms with Crippen LogP contribution in [0.5, 0.6) is 0 Å². The normalized spacial score (nSPS) is 25.0. The minimum Gasteiger partial charge on any atom is -0.468 e. The van der Waals surface area contributed by atoms with Crippen LogP contribution in [-0.2, 0) is 14.3 Å². The molecule has 0 unspecified atom stereocenters. The van der Waals surface area contributed by atoms with Gasteiger partial charge in [0.05, 0.1) is 31.6 Å². The fraction of sp³-hybridized carbons (Fsp3) is 0.706. The van der Waals surface area contributed by atoms with Gasteiger partial charge in [0.15, 0.2) is 0 Å². The number of hydrogen-bond donors (Lipinski definition) is 0. The van der Waals surface area contributed by atoms with E-state index in [0.717, 1.165) is 11.4 Å². The first-order chi connectivity index (χ1) is 11.3. The summed E-state index contributed by atoms with van der Waals surface area (Å²) in [5, 5.41) is 4.50. The summed E-state index contributed by atoms with van der Waals surface area (Å²) in [6.45, 7) is 9.52. The van der Waals surface area contributed by atoms with Gasteiger partial charge in [-0.05, 0) is 27.7 Å². The zero-order chi connectivity index (χ0) is 17.6. The van der Waals surface area contributed by atoms with Gasteiger partial charge in [0.2, 0.25) is 0 Å². The number of aromatic nitrogens is 2. The number of rotatable bonds is 3. The average Bonchev–Trinajstić information content (AvgIpc) is 3.16. The third-order valence-corrected chi connectivity index (χ3v) is 5.28. The molecule has 3 heterocycles. The summed E-state index contributed by atoms with van der Waals surface area (Å²) in [6.07, 6.45) is 0. The van der Waals surface area contributed by atoms with E-state index in [4.69, 9.17) is 9.47 Å². The summed E-state index contributed by atoms with van der Waals surface area (Å²) in [4.78, 5) is 27.1. The van der Waals surface area contributed by atoms with Gasteiger partial charge in [0, 0.05) is 30.7 Å². The molecule has 2 atom stereocenters. The highest BCUT2D eigenvalue weighted by Gasteiger charge is 2.58. The highest BCUT2D eigenvalue weighted by molar-refractivity contribution is 5.97. The first-order valence-electron chi connectivity index (χ1n) is 8.33. The minimum atomic E-state index is -0.722. The van der Waals surface area contributed by atoms with Crippen molar-refractivity contribution in [1.82, 2.24) is 14.7 Å². The van der Waals surface area contributed by atoms with E-state index in [0.29, 0.717) is 31.9 Å². The standard InChI is InChI=1S/C17H25N3O4.ClH/c1-10(2)20-12(4)14(11(3)18-20)15(21)19-6-13-7-24-9-17(13,8-19)16(22)23-5;/h10,13H,6-9H2,1-5H3;1H/t13-,17-;/m0./s1. The molecule has 7 nitrogen and oxygen atoms in total. The van der Waals surface area contributed by atoms with Crippen molar-refractivity contribution in [2.24, 2.45) is 11.3 Å². The highest BCUT2D eigenvalue weighted by atomic mass is 35.5. The van der Waals surface area contributed by atoms with Gasteiger partial charge in [-0.1, -0.05) is 0 Å². The van der Waals surface area contributed by atoms with Crippen molar-refractivity contribution < 1.29 is 19.1 Å². The Kier molecular flexibility index (Phi) is 5.49. The number of aryl methyl sites for hydroxylation is 1. The zero-order valence-electron chi connectivity index (χ0n) is 15.4. The molecule has 2 aliphatic rings. The Morgan fingerprint density at radius 1 is 1.36 bits per heavy atom. The van der Waals surface area contributed by atoms with E-state index in [9.17, 15) is 9.59 Å². The van der Waals surface area contributed by atoms with Crippen LogP contribution in [-0.4, -0.2) is 60.0 Å². The minimum absolute atomic E-state index is 0. The lowest BCUT2D eigenvalue weighted by Crippen LogP contribution is -2.41. The third kappa shape index (κ3) is 2.93. The Morgan fingerprint density at radius 2 is 2.04 bits per heavy atom. The van der Waals surface area contributed by atoms with E-state index in [1.165, 1.54) is 7.11 Å². The van der Waals surface area contributed by atoms with Gasteiger partial charge in [-0.25, -0.2) is 0 Å². The lowest BCUT2D eigenvalue weighted by molar-refractivity contribution is -0.153. The zero-order valence-corrected chi connectivity index (χ0v) is 16.2. The Hall–Kier alpha value is -1.60. The number of fused-ring (bicyclic) bond motifs is 1. The fourth-order valence-electron chi connectivity index (χ4n) is 4.02. The van der Waals surface area contributed by atoms with E-state index < -0.39 is 5.41 Å². The number of carbonyl (C=O) groups is 2. The molecular weight excluding hydrogens is 346 g/mol. The van der Waals surface area contributed by atoms with Crippen molar-refractivity contribution in [2.75, 3.05) is 33.4 Å². The van der Waals surface area contributed by atoms with Gasteiger partial charge in [0.25, 0.3) is 5.91 Å². The van der Waals surface area contributed by atoms with E-state index in [-0.39, 0.29) is 36.2 Å². The predicted octanol–water partition coefficient (Wildman–Crippen LogP) is 1.76. The van der Waals surface area contributed by atoms with Crippen LogP contribution < -0.4 is 0 Å². The van der Waals surface area contributed by atoms with Crippen LogP contribution >= 0.6 is 12.4 Å². The Bertz CT molecular complexity index is 688. The second kappa shape index (κ2) is 6.96. The van der Waals surface area contributed by atoms with E-state index in [1.54, 1.807) is 4.90 Å². The monoisotopic (exact) mass is 371 g/mol. The highest BCUT2D eigenvalue weighted by Crippen LogP contribution is 2.43. The van der Waals surface area contributed by atoms with Gasteiger partial charge in [-0.15, -0.1) is 12.4 Å². The second-order valence-corrected chi connectivity index (χ2v) is 7.13. The smallest absolute Gasteiger partial charge is 0.316 e. The average molecular weight is 372 g/mol. The molecule has 0 aliphatic carbocycles. The van der Waals surface area contributed by atoms with E-state index in [1.807, 2.05) is 32.4 Å². The predicted molar refractivity (Wildman–Crippen MR) is 94.0 cm³/mol. The van der Waals surface area contributed by atoms with Crippen molar-refractivity contribution in [3.63, 3.8) is 0 Å². The summed E-state index contributed by atoms with van der Waals surface area (Å²) >= 11 is 0. The quantitative estimate of drug-likeness (QED) is 0.757. The van der Waals surface area contributed by atoms with Crippen LogP contribution in [0.25, 0.3) is 0 Å². The van der Waals surface area contributed by atoms with Crippen molar-refractivity contribution in [3.05, 3.63) is 17.0 Å². The summed E-state index contributed by atoms with van der Waals surface area (Å²) in [7, 11) is 1.39. The Labute approximate surface area is 154 Å². The summed E-state index contributed by atoms with van der Waals surface area (Å²) in [6, 6.07) is 0.193. The summed E-state index contributed by atoms with van der Waals surface area (Å²) < 4.78 is 12.4. The largest absolute Gasteiger partial charge is 0.468 e. The summed E-state index contributed by atoms with van der Waals surface area (Å²) in [5.41, 5.74) is 1.52. The van der Waals surface area contributed by atoms with Crippen molar-refractivity contribution in [1.29, 1.82) is 0 Å². The maximum atomic E-state index is 13.1. The van der Waals surface area contributed by atoms with Crippen molar-refractivity contribution in [3.8, 4) is 0 Å². The van der Waals surface area contributed by atoms with Crippen molar-refractivity contribution in [2.45, 2.75) is 33.7 Å². The topological polar surface area (TPSA) is 73.7 Å². The molecule has 2 saturated heterocycles. The molecule has 25 heavy (non-hydrogen) atoms. The number of ether oxygens (including phenoxy) is 2. The molecule has 1 amide bonds. The number of nitrogens with zero attached hydrogens (tertiary/aromatic N) is 3. The lowest BCUT2D eigenvalue weighted by atomic mass is 9.81.